The molecule has 3 rings (SSSR count). The zero-order valence-electron chi connectivity index (χ0n) is 13.9. The maximum Gasteiger partial charge on any atom is 0.239 e. The molecule has 1 aromatic carbocycles. The summed E-state index contributed by atoms with van der Waals surface area (Å²) in [5.74, 6) is 2.40. The third-order valence-corrected chi connectivity index (χ3v) is 5.40. The fraction of sp³-hybridized carbons (Fsp3) is 0.529. The maximum atomic E-state index is 12.0. The number of benzene rings is 1. The summed E-state index contributed by atoms with van der Waals surface area (Å²) < 4.78 is 5.42. The molecule has 2 fully saturated rings. The molecule has 2 saturated heterocycles. The summed E-state index contributed by atoms with van der Waals surface area (Å²) in [5, 5.41) is 2.97. The summed E-state index contributed by atoms with van der Waals surface area (Å²) in [6.45, 7) is 2.69. The van der Waals surface area contributed by atoms with Crippen molar-refractivity contribution < 1.29 is 14.3 Å². The Kier molecular flexibility index (Phi) is 5.50. The Hall–Kier alpha value is -1.89. The van der Waals surface area contributed by atoms with Gasteiger partial charge in [0.1, 0.15) is 12.3 Å². The van der Waals surface area contributed by atoms with Crippen LogP contribution in [0.1, 0.15) is 6.42 Å². The number of anilines is 1. The zero-order chi connectivity index (χ0) is 16.9. The molecule has 2 aliphatic heterocycles. The molecular formula is C17H23N3O3S. The van der Waals surface area contributed by atoms with E-state index in [2.05, 4.69) is 16.3 Å². The van der Waals surface area contributed by atoms with Crippen LogP contribution < -0.4 is 15.0 Å². The van der Waals surface area contributed by atoms with Crippen LogP contribution in [0.4, 0.5) is 5.69 Å². The van der Waals surface area contributed by atoms with Gasteiger partial charge in [-0.25, -0.2) is 0 Å². The topological polar surface area (TPSA) is 61.9 Å². The first kappa shape index (κ1) is 17.0. The molecule has 0 bridgehead atoms. The fourth-order valence-corrected chi connectivity index (χ4v) is 4.04. The first-order chi connectivity index (χ1) is 11.7. The summed E-state index contributed by atoms with van der Waals surface area (Å²) in [5.41, 5.74) is 1.11. The molecule has 24 heavy (non-hydrogen) atoms. The minimum Gasteiger partial charge on any atom is -0.495 e. The molecule has 0 aliphatic carbocycles. The number of carbonyl (C=O) groups is 2. The lowest BCUT2D eigenvalue weighted by molar-refractivity contribution is -0.132. The predicted octanol–water partition coefficient (Wildman–Crippen LogP) is 1.17. The van der Waals surface area contributed by atoms with Crippen molar-refractivity contribution in [2.75, 3.05) is 49.8 Å². The normalized spacial score (nSPS) is 20.5. The van der Waals surface area contributed by atoms with E-state index in [1.165, 1.54) is 0 Å². The van der Waals surface area contributed by atoms with Gasteiger partial charge in [-0.3, -0.25) is 9.59 Å². The maximum absolute atomic E-state index is 12.0. The largest absolute Gasteiger partial charge is 0.495 e. The quantitative estimate of drug-likeness (QED) is 0.835. The third-order valence-electron chi connectivity index (χ3n) is 4.46. The molecule has 0 radical (unpaired) electrons. The summed E-state index contributed by atoms with van der Waals surface area (Å²) in [4.78, 5) is 27.5. The Bertz CT molecular complexity index is 610. The highest BCUT2D eigenvalue weighted by atomic mass is 32.2. The second-order valence-electron chi connectivity index (χ2n) is 6.15. The Morgan fingerprint density at radius 3 is 3.00 bits per heavy atom. The van der Waals surface area contributed by atoms with Crippen LogP contribution in [0.25, 0.3) is 0 Å². The van der Waals surface area contributed by atoms with Crippen molar-refractivity contribution in [1.29, 1.82) is 0 Å². The molecule has 0 saturated carbocycles. The monoisotopic (exact) mass is 349 g/mol. The molecule has 2 heterocycles. The van der Waals surface area contributed by atoms with Crippen LogP contribution in [-0.2, 0) is 9.59 Å². The Balaban J connectivity index is 1.46. The number of para-hydroxylation sites is 2. The molecule has 1 atom stereocenters. The van der Waals surface area contributed by atoms with Gasteiger partial charge in [-0.1, -0.05) is 12.1 Å². The van der Waals surface area contributed by atoms with E-state index in [1.807, 2.05) is 18.2 Å². The summed E-state index contributed by atoms with van der Waals surface area (Å²) in [6, 6.07) is 8.01. The number of methoxy groups -OCH3 is 1. The average molecular weight is 349 g/mol. The number of carbonyl (C=O) groups excluding carboxylic acids is 2. The smallest absolute Gasteiger partial charge is 0.239 e. The molecule has 2 aliphatic rings. The highest BCUT2D eigenvalue weighted by Gasteiger charge is 2.26. The predicted molar refractivity (Wildman–Crippen MR) is 95.4 cm³/mol. The molecule has 1 N–H and O–H groups in total. The minimum absolute atomic E-state index is 0.0540. The van der Waals surface area contributed by atoms with Gasteiger partial charge in [-0.2, -0.15) is 0 Å². The van der Waals surface area contributed by atoms with Crippen LogP contribution in [0.15, 0.2) is 24.3 Å². The Labute approximate surface area is 146 Å². The van der Waals surface area contributed by atoms with Crippen LogP contribution in [0, 0.1) is 5.92 Å². The van der Waals surface area contributed by atoms with E-state index in [0.29, 0.717) is 24.1 Å². The lowest BCUT2D eigenvalue weighted by atomic mass is 10.1. The van der Waals surface area contributed by atoms with Gasteiger partial charge in [0.25, 0.3) is 0 Å². The molecule has 1 unspecified atom stereocenters. The number of nitrogens with zero attached hydrogens (tertiary/aromatic N) is 2. The van der Waals surface area contributed by atoms with Gasteiger partial charge in [0.05, 0.1) is 24.4 Å². The van der Waals surface area contributed by atoms with Crippen LogP contribution in [0.2, 0.25) is 0 Å². The van der Waals surface area contributed by atoms with Gasteiger partial charge in [0, 0.05) is 19.6 Å². The second kappa shape index (κ2) is 7.79. The number of nitrogens with one attached hydrogen (secondary N) is 1. The molecule has 0 aromatic heterocycles. The van der Waals surface area contributed by atoms with Crippen LogP contribution in [0.5, 0.6) is 5.75 Å². The lowest BCUT2D eigenvalue weighted by Crippen LogP contribution is -2.40. The highest BCUT2D eigenvalue weighted by molar-refractivity contribution is 8.00. The van der Waals surface area contributed by atoms with E-state index in [-0.39, 0.29) is 18.4 Å². The molecule has 0 spiro atoms. The van der Waals surface area contributed by atoms with E-state index < -0.39 is 0 Å². The molecule has 1 aromatic rings. The minimum atomic E-state index is -0.0680. The van der Waals surface area contributed by atoms with Crippen LogP contribution in [0.3, 0.4) is 0 Å². The van der Waals surface area contributed by atoms with E-state index >= 15 is 0 Å². The number of rotatable bonds is 6. The van der Waals surface area contributed by atoms with E-state index in [1.54, 1.807) is 23.8 Å². The van der Waals surface area contributed by atoms with Gasteiger partial charge in [0.15, 0.2) is 0 Å². The van der Waals surface area contributed by atoms with Crippen LogP contribution >= 0.6 is 11.8 Å². The standard InChI is InChI=1S/C17H23N3O3S/c1-23-15-5-3-2-4-14(15)19-7-6-13(9-19)8-18-16(21)10-20-12-24-11-17(20)22/h2-5,13H,6-12H2,1H3,(H,18,21). The molecule has 130 valence electrons. The van der Waals surface area contributed by atoms with Crippen molar-refractivity contribution in [2.24, 2.45) is 5.92 Å². The van der Waals surface area contributed by atoms with Gasteiger partial charge in [-0.05, 0) is 24.5 Å². The number of hydrogen-bond donors (Lipinski definition) is 1. The molecule has 2 amide bonds. The molecule has 6 nitrogen and oxygen atoms in total. The van der Waals surface area contributed by atoms with Crippen molar-refractivity contribution in [2.45, 2.75) is 6.42 Å². The number of amides is 2. The molecule has 7 heteroatoms. The van der Waals surface area contributed by atoms with E-state index in [9.17, 15) is 9.59 Å². The van der Waals surface area contributed by atoms with E-state index in [0.717, 1.165) is 30.9 Å². The zero-order valence-corrected chi connectivity index (χ0v) is 14.7. The Morgan fingerprint density at radius 2 is 2.25 bits per heavy atom. The van der Waals surface area contributed by atoms with Gasteiger partial charge in [-0.15, -0.1) is 11.8 Å². The molecular weight excluding hydrogens is 326 g/mol. The second-order valence-corrected chi connectivity index (χ2v) is 7.10. The van der Waals surface area contributed by atoms with Gasteiger partial charge >= 0.3 is 0 Å². The van der Waals surface area contributed by atoms with Crippen molar-refractivity contribution in [1.82, 2.24) is 10.2 Å². The van der Waals surface area contributed by atoms with Gasteiger partial charge < -0.3 is 19.9 Å². The lowest BCUT2D eigenvalue weighted by Gasteiger charge is -2.21. The number of thioether (sulfide) groups is 1. The average Bonchev–Trinajstić information content (AvgIpc) is 3.22. The summed E-state index contributed by atoms with van der Waals surface area (Å²) >= 11 is 1.55. The summed E-state index contributed by atoms with van der Waals surface area (Å²) in [6.07, 6.45) is 1.04. The highest BCUT2D eigenvalue weighted by Crippen LogP contribution is 2.31. The van der Waals surface area contributed by atoms with Crippen molar-refractivity contribution in [3.63, 3.8) is 0 Å². The SMILES string of the molecule is COc1ccccc1N1CCC(CNC(=O)CN2CSCC2=O)C1. The third kappa shape index (κ3) is 3.95. The fourth-order valence-electron chi connectivity index (χ4n) is 3.14. The first-order valence-electron chi connectivity index (χ1n) is 8.17. The van der Waals surface area contributed by atoms with Gasteiger partial charge in [0.2, 0.25) is 11.8 Å². The van der Waals surface area contributed by atoms with Crippen molar-refractivity contribution >= 4 is 29.3 Å². The van der Waals surface area contributed by atoms with Crippen LogP contribution in [-0.4, -0.2) is 61.6 Å². The summed E-state index contributed by atoms with van der Waals surface area (Å²) in [7, 11) is 1.69. The van der Waals surface area contributed by atoms with E-state index in [4.69, 9.17) is 4.74 Å². The number of hydrogen-bond acceptors (Lipinski definition) is 5. The number of ether oxygens (including phenoxy) is 1. The van der Waals surface area contributed by atoms with Crippen molar-refractivity contribution in [3.8, 4) is 5.75 Å². The first-order valence-corrected chi connectivity index (χ1v) is 9.33. The Morgan fingerprint density at radius 1 is 1.42 bits per heavy atom. The van der Waals surface area contributed by atoms with Crippen molar-refractivity contribution in [3.05, 3.63) is 24.3 Å².